The Morgan fingerprint density at radius 3 is 2.81 bits per heavy atom. The number of nitrogens with one attached hydrogen (secondary N) is 1. The van der Waals surface area contributed by atoms with Crippen molar-refractivity contribution in [2.75, 3.05) is 26.2 Å². The largest absolute Gasteiger partial charge is 0.389 e. The minimum atomic E-state index is -0.372. The van der Waals surface area contributed by atoms with Gasteiger partial charge in [0.2, 0.25) is 0 Å². The molecule has 0 saturated carbocycles. The molecule has 1 fully saturated rings. The predicted molar refractivity (Wildman–Crippen MR) is 65.2 cm³/mol. The molecule has 1 aromatic rings. The van der Waals surface area contributed by atoms with Crippen LogP contribution >= 0.6 is 0 Å². The molecule has 1 aliphatic heterocycles. The Bertz CT molecular complexity index is 332. The smallest absolute Gasteiger partial charge is 0.0762 e. The van der Waals surface area contributed by atoms with E-state index in [0.29, 0.717) is 0 Å². The topological polar surface area (TPSA) is 35.5 Å². The van der Waals surface area contributed by atoms with Gasteiger partial charge in [0.05, 0.1) is 6.10 Å². The van der Waals surface area contributed by atoms with Crippen LogP contribution in [0.2, 0.25) is 0 Å². The zero-order valence-corrected chi connectivity index (χ0v) is 9.82. The average molecular weight is 220 g/mol. The van der Waals surface area contributed by atoms with E-state index in [-0.39, 0.29) is 6.10 Å². The zero-order valence-electron chi connectivity index (χ0n) is 9.82. The SMILES string of the molecule is CC(O)c1cccc(CN2CCNCC2)c1. The lowest BCUT2D eigenvalue weighted by molar-refractivity contribution is 0.198. The lowest BCUT2D eigenvalue weighted by Gasteiger charge is -2.27. The van der Waals surface area contributed by atoms with Gasteiger partial charge in [0.15, 0.2) is 0 Å². The highest BCUT2D eigenvalue weighted by molar-refractivity contribution is 5.24. The van der Waals surface area contributed by atoms with Crippen LogP contribution in [0.4, 0.5) is 0 Å². The van der Waals surface area contributed by atoms with Crippen LogP contribution < -0.4 is 5.32 Å². The van der Waals surface area contributed by atoms with Crippen molar-refractivity contribution in [3.8, 4) is 0 Å². The molecule has 3 heteroatoms. The second-order valence-electron chi connectivity index (χ2n) is 4.45. The Morgan fingerprint density at radius 1 is 1.38 bits per heavy atom. The minimum Gasteiger partial charge on any atom is -0.389 e. The van der Waals surface area contributed by atoms with Gasteiger partial charge in [-0.15, -0.1) is 0 Å². The molecule has 0 amide bonds. The number of rotatable bonds is 3. The molecular formula is C13H20N2O. The van der Waals surface area contributed by atoms with Crippen LogP contribution in [0.25, 0.3) is 0 Å². The monoisotopic (exact) mass is 220 g/mol. The molecule has 0 bridgehead atoms. The van der Waals surface area contributed by atoms with Crippen molar-refractivity contribution in [1.82, 2.24) is 10.2 Å². The van der Waals surface area contributed by atoms with Gasteiger partial charge in [-0.3, -0.25) is 4.90 Å². The fourth-order valence-corrected chi connectivity index (χ4v) is 2.08. The third-order valence-corrected chi connectivity index (χ3v) is 3.05. The molecule has 1 aliphatic rings. The van der Waals surface area contributed by atoms with Crippen molar-refractivity contribution >= 4 is 0 Å². The van der Waals surface area contributed by atoms with Gasteiger partial charge < -0.3 is 10.4 Å². The Kier molecular flexibility index (Phi) is 3.93. The van der Waals surface area contributed by atoms with Crippen molar-refractivity contribution < 1.29 is 5.11 Å². The summed E-state index contributed by atoms with van der Waals surface area (Å²) in [6.07, 6.45) is -0.372. The molecule has 1 atom stereocenters. The van der Waals surface area contributed by atoms with Crippen LogP contribution in [0.1, 0.15) is 24.2 Å². The van der Waals surface area contributed by atoms with Crippen molar-refractivity contribution in [3.05, 3.63) is 35.4 Å². The molecule has 3 nitrogen and oxygen atoms in total. The maximum Gasteiger partial charge on any atom is 0.0762 e. The highest BCUT2D eigenvalue weighted by atomic mass is 16.3. The van der Waals surface area contributed by atoms with Gasteiger partial charge in [0.25, 0.3) is 0 Å². The molecule has 1 unspecified atom stereocenters. The van der Waals surface area contributed by atoms with E-state index in [1.807, 2.05) is 19.1 Å². The summed E-state index contributed by atoms with van der Waals surface area (Å²) < 4.78 is 0. The summed E-state index contributed by atoms with van der Waals surface area (Å²) in [5.74, 6) is 0. The molecule has 0 spiro atoms. The average Bonchev–Trinajstić information content (AvgIpc) is 2.30. The van der Waals surface area contributed by atoms with Crippen LogP contribution in [-0.4, -0.2) is 36.2 Å². The van der Waals surface area contributed by atoms with Crippen LogP contribution in [0, 0.1) is 0 Å². The molecule has 2 rings (SSSR count). The maximum atomic E-state index is 9.53. The van der Waals surface area contributed by atoms with Crippen LogP contribution in [0.15, 0.2) is 24.3 Å². The molecule has 0 aliphatic carbocycles. The van der Waals surface area contributed by atoms with E-state index < -0.39 is 0 Å². The highest BCUT2D eigenvalue weighted by Gasteiger charge is 2.10. The van der Waals surface area contributed by atoms with Crippen LogP contribution in [0.3, 0.4) is 0 Å². The van der Waals surface area contributed by atoms with E-state index in [4.69, 9.17) is 0 Å². The van der Waals surface area contributed by atoms with E-state index in [9.17, 15) is 5.11 Å². The number of piperazine rings is 1. The van der Waals surface area contributed by atoms with E-state index in [0.717, 1.165) is 38.3 Å². The van der Waals surface area contributed by atoms with Crippen molar-refractivity contribution in [2.45, 2.75) is 19.6 Å². The molecule has 1 heterocycles. The minimum absolute atomic E-state index is 0.372. The van der Waals surface area contributed by atoms with E-state index >= 15 is 0 Å². The summed E-state index contributed by atoms with van der Waals surface area (Å²) in [7, 11) is 0. The second-order valence-corrected chi connectivity index (χ2v) is 4.45. The highest BCUT2D eigenvalue weighted by Crippen LogP contribution is 2.15. The Hall–Kier alpha value is -0.900. The normalized spacial score (nSPS) is 19.6. The molecule has 2 N–H and O–H groups in total. The molecule has 0 aromatic heterocycles. The van der Waals surface area contributed by atoms with Crippen LogP contribution in [-0.2, 0) is 6.54 Å². The standard InChI is InChI=1S/C13H20N2O/c1-11(16)13-4-2-3-12(9-13)10-15-7-5-14-6-8-15/h2-4,9,11,14,16H,5-8,10H2,1H3. The summed E-state index contributed by atoms with van der Waals surface area (Å²) in [6, 6.07) is 8.24. The van der Waals surface area contributed by atoms with Crippen molar-refractivity contribution in [3.63, 3.8) is 0 Å². The quantitative estimate of drug-likeness (QED) is 0.802. The third-order valence-electron chi connectivity index (χ3n) is 3.05. The number of aliphatic hydroxyl groups is 1. The zero-order chi connectivity index (χ0) is 11.4. The number of benzene rings is 1. The van der Waals surface area contributed by atoms with Gasteiger partial charge >= 0.3 is 0 Å². The van der Waals surface area contributed by atoms with E-state index in [2.05, 4.69) is 22.3 Å². The molecule has 0 radical (unpaired) electrons. The molecule has 1 saturated heterocycles. The Labute approximate surface area is 97.1 Å². The van der Waals surface area contributed by atoms with Gasteiger partial charge in [0.1, 0.15) is 0 Å². The lowest BCUT2D eigenvalue weighted by Crippen LogP contribution is -2.42. The summed E-state index contributed by atoms with van der Waals surface area (Å²) >= 11 is 0. The first kappa shape index (κ1) is 11.6. The molecule has 16 heavy (non-hydrogen) atoms. The molecule has 88 valence electrons. The van der Waals surface area contributed by atoms with Gasteiger partial charge in [-0.25, -0.2) is 0 Å². The first-order valence-corrected chi connectivity index (χ1v) is 5.95. The van der Waals surface area contributed by atoms with Gasteiger partial charge in [-0.1, -0.05) is 24.3 Å². The summed E-state index contributed by atoms with van der Waals surface area (Å²) in [4.78, 5) is 2.44. The third kappa shape index (κ3) is 3.04. The maximum absolute atomic E-state index is 9.53. The fraction of sp³-hybridized carbons (Fsp3) is 0.538. The van der Waals surface area contributed by atoms with Gasteiger partial charge in [-0.2, -0.15) is 0 Å². The first-order chi connectivity index (χ1) is 7.75. The number of hydrogen-bond acceptors (Lipinski definition) is 3. The molecular weight excluding hydrogens is 200 g/mol. The van der Waals surface area contributed by atoms with E-state index in [1.54, 1.807) is 0 Å². The van der Waals surface area contributed by atoms with Crippen molar-refractivity contribution in [2.24, 2.45) is 0 Å². The summed E-state index contributed by atoms with van der Waals surface area (Å²) in [5, 5.41) is 12.9. The van der Waals surface area contributed by atoms with Gasteiger partial charge in [0, 0.05) is 32.7 Å². The molecule has 1 aromatic carbocycles. The second kappa shape index (κ2) is 5.43. The van der Waals surface area contributed by atoms with Crippen LogP contribution in [0.5, 0.6) is 0 Å². The summed E-state index contributed by atoms with van der Waals surface area (Å²) in [5.41, 5.74) is 2.30. The fourth-order valence-electron chi connectivity index (χ4n) is 2.08. The predicted octanol–water partition coefficient (Wildman–Crippen LogP) is 1.15. The first-order valence-electron chi connectivity index (χ1n) is 5.95. The Balaban J connectivity index is 2.00. The van der Waals surface area contributed by atoms with E-state index in [1.165, 1.54) is 5.56 Å². The summed E-state index contributed by atoms with van der Waals surface area (Å²) in [6.45, 7) is 7.18. The number of aliphatic hydroxyl groups excluding tert-OH is 1. The Morgan fingerprint density at radius 2 is 2.12 bits per heavy atom. The number of hydrogen-bond donors (Lipinski definition) is 2. The number of nitrogens with zero attached hydrogens (tertiary/aromatic N) is 1. The van der Waals surface area contributed by atoms with Crippen molar-refractivity contribution in [1.29, 1.82) is 0 Å². The lowest BCUT2D eigenvalue weighted by atomic mass is 10.1. The van der Waals surface area contributed by atoms with Gasteiger partial charge in [-0.05, 0) is 18.1 Å².